The molecular weight excluding hydrogens is 422 g/mol. The topological polar surface area (TPSA) is 67.3 Å². The van der Waals surface area contributed by atoms with Crippen LogP contribution in [0.4, 0.5) is 11.4 Å². The zero-order valence-corrected chi connectivity index (χ0v) is 18.2. The number of hydrogen-bond acceptors (Lipinski definition) is 5. The van der Waals surface area contributed by atoms with Gasteiger partial charge in [-0.2, -0.15) is 0 Å². The number of thiol groups is 1. The SMILES string of the molecule is Oc1ccc(NC(=S)S)cc1.[O-]c1ccc(NC(=S)[S-])cc1.[Zn+2]. The van der Waals surface area contributed by atoms with Crippen LogP contribution >= 0.6 is 37.1 Å². The fraction of sp³-hybridized carbons (Fsp3) is 0. The van der Waals surface area contributed by atoms with Gasteiger partial charge in [-0.25, -0.2) is 0 Å². The van der Waals surface area contributed by atoms with E-state index in [0.717, 1.165) is 11.4 Å². The van der Waals surface area contributed by atoms with Crippen LogP contribution in [0, 0.1) is 0 Å². The summed E-state index contributed by atoms with van der Waals surface area (Å²) in [5, 5.41) is 25.1. The number of anilines is 2. The van der Waals surface area contributed by atoms with Crippen molar-refractivity contribution < 1.29 is 29.7 Å². The van der Waals surface area contributed by atoms with Gasteiger partial charge in [0.05, 0.1) is 0 Å². The molecule has 9 heteroatoms. The first-order chi connectivity index (χ1) is 10.4. The minimum absolute atomic E-state index is 0. The molecule has 0 heterocycles. The second-order valence-corrected chi connectivity index (χ2v) is 6.15. The van der Waals surface area contributed by atoms with E-state index in [1.807, 2.05) is 0 Å². The van der Waals surface area contributed by atoms with Crippen molar-refractivity contribution in [2.75, 3.05) is 10.6 Å². The van der Waals surface area contributed by atoms with E-state index >= 15 is 0 Å². The van der Waals surface area contributed by atoms with E-state index in [9.17, 15) is 5.11 Å². The minimum atomic E-state index is -0.0224. The summed E-state index contributed by atoms with van der Waals surface area (Å²) in [7, 11) is 0. The Bertz CT molecular complexity index is 579. The fourth-order valence-electron chi connectivity index (χ4n) is 1.32. The summed E-state index contributed by atoms with van der Waals surface area (Å²) in [4.78, 5) is 0. The summed E-state index contributed by atoms with van der Waals surface area (Å²) in [5.74, 6) is 0.214. The molecule has 0 spiro atoms. The average molecular weight is 434 g/mol. The van der Waals surface area contributed by atoms with E-state index in [1.54, 1.807) is 36.4 Å². The molecule has 0 aliphatic carbocycles. The molecule has 0 radical (unpaired) electrons. The maximum absolute atomic E-state index is 10.6. The van der Waals surface area contributed by atoms with Crippen LogP contribution < -0.4 is 15.7 Å². The molecule has 2 aromatic rings. The monoisotopic (exact) mass is 432 g/mol. The summed E-state index contributed by atoms with van der Waals surface area (Å²) in [6, 6.07) is 12.8. The molecule has 0 unspecified atom stereocenters. The van der Waals surface area contributed by atoms with Gasteiger partial charge in [0, 0.05) is 11.4 Å². The summed E-state index contributed by atoms with van der Waals surface area (Å²) in [5.41, 5.74) is 1.58. The van der Waals surface area contributed by atoms with Gasteiger partial charge in [-0.05, 0) is 36.4 Å². The number of rotatable bonds is 2. The predicted molar refractivity (Wildman–Crippen MR) is 103 cm³/mol. The first-order valence-electron chi connectivity index (χ1n) is 5.91. The normalized spacial score (nSPS) is 8.74. The van der Waals surface area contributed by atoms with Crippen LogP contribution in [0.3, 0.4) is 0 Å². The van der Waals surface area contributed by atoms with Gasteiger partial charge in [-0.3, -0.25) is 0 Å². The molecule has 0 aromatic heterocycles. The molecular formula is C14H12N2O2S4Zn. The van der Waals surface area contributed by atoms with Crippen molar-refractivity contribution in [3.8, 4) is 11.5 Å². The number of phenolic OH excluding ortho intramolecular Hbond substituents is 1. The first kappa shape index (κ1) is 22.0. The van der Waals surface area contributed by atoms with Crippen LogP contribution in [-0.4, -0.2) is 13.7 Å². The summed E-state index contributed by atoms with van der Waals surface area (Å²) < 4.78 is 0.694. The van der Waals surface area contributed by atoms with Crippen LogP contribution in [0.15, 0.2) is 48.5 Å². The quantitative estimate of drug-likeness (QED) is 0.191. The fourth-order valence-corrected chi connectivity index (χ4v) is 1.81. The molecule has 0 atom stereocenters. The zero-order valence-electron chi connectivity index (χ0n) is 11.9. The van der Waals surface area contributed by atoms with Crippen molar-refractivity contribution in [3.63, 3.8) is 0 Å². The Hall–Kier alpha value is -0.987. The summed E-state index contributed by atoms with van der Waals surface area (Å²) in [6.07, 6.45) is 0. The summed E-state index contributed by atoms with van der Waals surface area (Å²) >= 11 is 17.9. The Morgan fingerprint density at radius 2 is 1.39 bits per heavy atom. The Kier molecular flexibility index (Phi) is 11.0. The molecule has 3 N–H and O–H groups in total. The molecule has 2 aromatic carbocycles. The number of aromatic hydroxyl groups is 1. The molecule has 4 nitrogen and oxygen atoms in total. The largest absolute Gasteiger partial charge is 2.00 e. The van der Waals surface area contributed by atoms with Crippen LogP contribution in [0.2, 0.25) is 0 Å². The Balaban J connectivity index is 0.000000403. The van der Waals surface area contributed by atoms with Gasteiger partial charge < -0.3 is 45.7 Å². The number of benzene rings is 2. The van der Waals surface area contributed by atoms with E-state index in [-0.39, 0.29) is 35.3 Å². The van der Waals surface area contributed by atoms with Crippen LogP contribution in [-0.2, 0) is 32.1 Å². The third-order valence-electron chi connectivity index (χ3n) is 2.22. The summed E-state index contributed by atoms with van der Waals surface area (Å²) in [6.45, 7) is 0. The van der Waals surface area contributed by atoms with Gasteiger partial charge in [0.25, 0.3) is 0 Å². The third-order valence-corrected chi connectivity index (χ3v) is 2.64. The predicted octanol–water partition coefficient (Wildman–Crippen LogP) is 3.02. The Morgan fingerprint density at radius 3 is 1.83 bits per heavy atom. The molecule has 0 saturated carbocycles. The maximum atomic E-state index is 10.6. The van der Waals surface area contributed by atoms with Crippen LogP contribution in [0.1, 0.15) is 0 Å². The van der Waals surface area contributed by atoms with Crippen molar-refractivity contribution >= 4 is 69.7 Å². The smallest absolute Gasteiger partial charge is 0.872 e. The molecule has 0 saturated heterocycles. The molecule has 0 fully saturated rings. The molecule has 0 amide bonds. The third kappa shape index (κ3) is 10.4. The standard InChI is InChI=1S/2C7H7NOS2.Zn/c2*9-6-3-1-5(2-4-6)8-7(10)11;/h2*1-4,9H,(H2,8,10,11);/q;;+2/p-2. The van der Waals surface area contributed by atoms with E-state index in [0.29, 0.717) is 4.32 Å². The zero-order chi connectivity index (χ0) is 16.5. The minimum Gasteiger partial charge on any atom is -0.872 e. The number of hydrogen-bond donors (Lipinski definition) is 4. The van der Waals surface area contributed by atoms with Crippen molar-refractivity contribution in [2.45, 2.75) is 0 Å². The molecule has 0 aliphatic rings. The van der Waals surface area contributed by atoms with Gasteiger partial charge in [0.15, 0.2) is 0 Å². The van der Waals surface area contributed by atoms with Gasteiger partial charge in [0.1, 0.15) is 10.1 Å². The van der Waals surface area contributed by atoms with Crippen molar-refractivity contribution in [1.82, 2.24) is 0 Å². The van der Waals surface area contributed by atoms with Gasteiger partial charge in [-0.1, -0.05) is 28.7 Å². The number of phenols is 1. The molecule has 116 valence electrons. The molecule has 0 bridgehead atoms. The van der Waals surface area contributed by atoms with Crippen molar-refractivity contribution in [2.24, 2.45) is 0 Å². The van der Waals surface area contributed by atoms with E-state index in [4.69, 9.17) is 17.3 Å². The molecule has 0 aliphatic heterocycles. The second-order valence-electron chi connectivity index (χ2n) is 3.91. The first-order valence-corrected chi connectivity index (χ1v) is 7.58. The van der Waals surface area contributed by atoms with Crippen LogP contribution in [0.5, 0.6) is 11.5 Å². The van der Waals surface area contributed by atoms with Crippen molar-refractivity contribution in [3.05, 3.63) is 48.5 Å². The van der Waals surface area contributed by atoms with Gasteiger partial charge >= 0.3 is 19.5 Å². The molecule has 2 rings (SSSR count). The average Bonchev–Trinajstić information content (AvgIpc) is 2.44. The molecule has 23 heavy (non-hydrogen) atoms. The van der Waals surface area contributed by atoms with E-state index in [1.165, 1.54) is 12.1 Å². The maximum Gasteiger partial charge on any atom is 2.00 e. The van der Waals surface area contributed by atoms with Crippen molar-refractivity contribution in [1.29, 1.82) is 0 Å². The van der Waals surface area contributed by atoms with E-state index in [2.05, 4.69) is 48.1 Å². The van der Waals surface area contributed by atoms with Crippen LogP contribution in [0.25, 0.3) is 0 Å². The van der Waals surface area contributed by atoms with Gasteiger partial charge in [-0.15, -0.1) is 18.4 Å². The Labute approximate surface area is 169 Å². The second kappa shape index (κ2) is 11.5. The number of nitrogens with one attached hydrogen (secondary N) is 2. The van der Waals surface area contributed by atoms with Gasteiger partial charge in [0.2, 0.25) is 0 Å². The van der Waals surface area contributed by atoms with E-state index < -0.39 is 0 Å². The Morgan fingerprint density at radius 1 is 0.957 bits per heavy atom. The number of thiocarbonyl (C=S) groups is 2.